The SMILES string of the molecule is N#Cc1cc(NCc2ccc(O)c(O)c2)ccc1Cl. The second kappa shape index (κ2) is 5.51. The van der Waals surface area contributed by atoms with Crippen LogP contribution in [0.1, 0.15) is 11.1 Å². The summed E-state index contributed by atoms with van der Waals surface area (Å²) in [5.74, 6) is -0.310. The first-order valence-corrected chi connectivity index (χ1v) is 5.92. The summed E-state index contributed by atoms with van der Waals surface area (Å²) >= 11 is 5.84. The van der Waals surface area contributed by atoms with Gasteiger partial charge in [-0.15, -0.1) is 0 Å². The second-order valence-electron chi connectivity index (χ2n) is 3.98. The fraction of sp³-hybridized carbons (Fsp3) is 0.0714. The van der Waals surface area contributed by atoms with Crippen LogP contribution in [0.15, 0.2) is 36.4 Å². The number of benzene rings is 2. The van der Waals surface area contributed by atoms with E-state index in [4.69, 9.17) is 16.9 Å². The van der Waals surface area contributed by atoms with E-state index in [0.717, 1.165) is 11.3 Å². The van der Waals surface area contributed by atoms with Crippen molar-refractivity contribution < 1.29 is 10.2 Å². The number of nitrogens with zero attached hydrogens (tertiary/aromatic N) is 1. The van der Waals surface area contributed by atoms with E-state index in [1.54, 1.807) is 24.3 Å². The Morgan fingerprint density at radius 1 is 1.11 bits per heavy atom. The first-order valence-electron chi connectivity index (χ1n) is 5.54. The van der Waals surface area contributed by atoms with E-state index in [1.807, 2.05) is 6.07 Å². The van der Waals surface area contributed by atoms with Crippen molar-refractivity contribution in [1.29, 1.82) is 5.26 Å². The number of hydrogen-bond acceptors (Lipinski definition) is 4. The molecule has 0 unspecified atom stereocenters. The Hall–Kier alpha value is -2.38. The van der Waals surface area contributed by atoms with Crippen LogP contribution < -0.4 is 5.32 Å². The number of halogens is 1. The number of aromatic hydroxyl groups is 2. The molecule has 0 aliphatic rings. The summed E-state index contributed by atoms with van der Waals surface area (Å²) in [5.41, 5.74) is 1.97. The predicted molar refractivity (Wildman–Crippen MR) is 73.3 cm³/mol. The average molecular weight is 275 g/mol. The van der Waals surface area contributed by atoms with Crippen molar-refractivity contribution in [2.24, 2.45) is 0 Å². The van der Waals surface area contributed by atoms with Gasteiger partial charge in [0.1, 0.15) is 6.07 Å². The molecule has 2 aromatic rings. The minimum atomic E-state index is -0.159. The van der Waals surface area contributed by atoms with Gasteiger partial charge in [0.2, 0.25) is 0 Å². The van der Waals surface area contributed by atoms with Gasteiger partial charge in [0.15, 0.2) is 11.5 Å². The van der Waals surface area contributed by atoms with Crippen LogP contribution in [0.5, 0.6) is 11.5 Å². The van der Waals surface area contributed by atoms with E-state index in [1.165, 1.54) is 12.1 Å². The number of phenolic OH excluding ortho intramolecular Hbond substituents is 2. The lowest BCUT2D eigenvalue weighted by atomic mass is 10.2. The topological polar surface area (TPSA) is 76.3 Å². The lowest BCUT2D eigenvalue weighted by molar-refractivity contribution is 0.403. The maximum absolute atomic E-state index is 9.38. The fourth-order valence-electron chi connectivity index (χ4n) is 1.60. The van der Waals surface area contributed by atoms with Gasteiger partial charge < -0.3 is 15.5 Å². The molecule has 0 bridgehead atoms. The van der Waals surface area contributed by atoms with Gasteiger partial charge in [-0.1, -0.05) is 17.7 Å². The van der Waals surface area contributed by atoms with E-state index >= 15 is 0 Å². The molecule has 0 heterocycles. The second-order valence-corrected chi connectivity index (χ2v) is 4.39. The van der Waals surface area contributed by atoms with E-state index in [2.05, 4.69) is 5.32 Å². The molecule has 5 heteroatoms. The van der Waals surface area contributed by atoms with Crippen molar-refractivity contribution in [1.82, 2.24) is 0 Å². The number of anilines is 1. The van der Waals surface area contributed by atoms with Crippen molar-refractivity contribution >= 4 is 17.3 Å². The maximum Gasteiger partial charge on any atom is 0.157 e. The van der Waals surface area contributed by atoms with Crippen LogP contribution in [0.2, 0.25) is 5.02 Å². The highest BCUT2D eigenvalue weighted by molar-refractivity contribution is 6.31. The molecule has 4 nitrogen and oxygen atoms in total. The van der Waals surface area contributed by atoms with Gasteiger partial charge >= 0.3 is 0 Å². The molecule has 2 aromatic carbocycles. The summed E-state index contributed by atoms with van der Waals surface area (Å²) in [6, 6.07) is 11.7. The third-order valence-corrected chi connectivity index (χ3v) is 2.95. The Morgan fingerprint density at radius 3 is 2.58 bits per heavy atom. The molecular weight excluding hydrogens is 264 g/mol. The molecule has 0 atom stereocenters. The van der Waals surface area contributed by atoms with Gasteiger partial charge in [0, 0.05) is 12.2 Å². The fourth-order valence-corrected chi connectivity index (χ4v) is 1.76. The molecule has 96 valence electrons. The van der Waals surface area contributed by atoms with E-state index in [9.17, 15) is 10.2 Å². The molecule has 0 spiro atoms. The van der Waals surface area contributed by atoms with Gasteiger partial charge in [-0.25, -0.2) is 0 Å². The van der Waals surface area contributed by atoms with E-state index in [0.29, 0.717) is 17.1 Å². The van der Waals surface area contributed by atoms with Gasteiger partial charge in [0.05, 0.1) is 10.6 Å². The van der Waals surface area contributed by atoms with Crippen LogP contribution in [0.4, 0.5) is 5.69 Å². The lowest BCUT2D eigenvalue weighted by Crippen LogP contribution is -1.99. The predicted octanol–water partition coefficient (Wildman–Crippen LogP) is 3.23. The van der Waals surface area contributed by atoms with Crippen molar-refractivity contribution in [2.45, 2.75) is 6.54 Å². The molecule has 0 saturated heterocycles. The Bertz CT molecular complexity index is 650. The highest BCUT2D eigenvalue weighted by atomic mass is 35.5. The third kappa shape index (κ3) is 3.09. The minimum Gasteiger partial charge on any atom is -0.504 e. The van der Waals surface area contributed by atoms with Crippen molar-refractivity contribution in [3.8, 4) is 17.6 Å². The molecule has 0 fully saturated rings. The smallest absolute Gasteiger partial charge is 0.157 e. The summed E-state index contributed by atoms with van der Waals surface area (Å²) < 4.78 is 0. The largest absolute Gasteiger partial charge is 0.504 e. The molecule has 0 radical (unpaired) electrons. The van der Waals surface area contributed by atoms with Gasteiger partial charge in [-0.2, -0.15) is 5.26 Å². The van der Waals surface area contributed by atoms with Crippen LogP contribution in [-0.4, -0.2) is 10.2 Å². The van der Waals surface area contributed by atoms with Gasteiger partial charge in [-0.05, 0) is 35.9 Å². The monoisotopic (exact) mass is 274 g/mol. The molecule has 0 saturated carbocycles. The van der Waals surface area contributed by atoms with Crippen LogP contribution in [0.25, 0.3) is 0 Å². The number of rotatable bonds is 3. The summed E-state index contributed by atoms with van der Waals surface area (Å²) in [6.45, 7) is 0.459. The zero-order chi connectivity index (χ0) is 13.8. The first-order chi connectivity index (χ1) is 9.10. The summed E-state index contributed by atoms with van der Waals surface area (Å²) in [7, 11) is 0. The molecule has 0 aliphatic heterocycles. The van der Waals surface area contributed by atoms with Crippen molar-refractivity contribution in [2.75, 3.05) is 5.32 Å². The third-order valence-electron chi connectivity index (χ3n) is 2.62. The quantitative estimate of drug-likeness (QED) is 0.751. The summed E-state index contributed by atoms with van der Waals surface area (Å²) in [5, 5.41) is 31.0. The molecule has 0 amide bonds. The number of phenols is 2. The normalized spacial score (nSPS) is 9.89. The number of nitrogens with one attached hydrogen (secondary N) is 1. The lowest BCUT2D eigenvalue weighted by Gasteiger charge is -2.08. The maximum atomic E-state index is 9.38. The van der Waals surface area contributed by atoms with Gasteiger partial charge in [-0.3, -0.25) is 0 Å². The van der Waals surface area contributed by atoms with Gasteiger partial charge in [0.25, 0.3) is 0 Å². The Morgan fingerprint density at radius 2 is 1.89 bits per heavy atom. The summed E-state index contributed by atoms with van der Waals surface area (Å²) in [4.78, 5) is 0. The van der Waals surface area contributed by atoms with Crippen molar-refractivity contribution in [3.63, 3.8) is 0 Å². The van der Waals surface area contributed by atoms with Crippen LogP contribution in [-0.2, 0) is 6.54 Å². The molecule has 2 rings (SSSR count). The zero-order valence-corrected chi connectivity index (χ0v) is 10.6. The van der Waals surface area contributed by atoms with E-state index < -0.39 is 0 Å². The Balaban J connectivity index is 2.10. The van der Waals surface area contributed by atoms with Crippen LogP contribution in [0.3, 0.4) is 0 Å². The molecule has 19 heavy (non-hydrogen) atoms. The average Bonchev–Trinajstić information content (AvgIpc) is 2.41. The zero-order valence-electron chi connectivity index (χ0n) is 9.89. The number of nitriles is 1. The highest BCUT2D eigenvalue weighted by Crippen LogP contribution is 2.25. The van der Waals surface area contributed by atoms with Crippen molar-refractivity contribution in [3.05, 3.63) is 52.5 Å². The molecule has 0 aliphatic carbocycles. The summed E-state index contributed by atoms with van der Waals surface area (Å²) in [6.07, 6.45) is 0. The molecular formula is C14H11ClN2O2. The molecule has 0 aromatic heterocycles. The first kappa shape index (κ1) is 13.1. The Labute approximate surface area is 115 Å². The molecule has 3 N–H and O–H groups in total. The van der Waals surface area contributed by atoms with Crippen LogP contribution >= 0.6 is 11.6 Å². The standard InChI is InChI=1S/C14H11ClN2O2/c15-12-3-2-11(6-10(12)7-16)17-8-9-1-4-13(18)14(19)5-9/h1-6,17-19H,8H2. The highest BCUT2D eigenvalue weighted by Gasteiger charge is 2.03. The van der Waals surface area contributed by atoms with E-state index in [-0.39, 0.29) is 11.5 Å². The Kier molecular flexibility index (Phi) is 3.79. The minimum absolute atomic E-state index is 0.151. The van der Waals surface area contributed by atoms with Crippen LogP contribution in [0, 0.1) is 11.3 Å². The number of hydrogen-bond donors (Lipinski definition) is 3.